The lowest BCUT2D eigenvalue weighted by molar-refractivity contribution is -0.137. The topological polar surface area (TPSA) is 102 Å². The molecule has 1 atom stereocenters. The minimum Gasteiger partial charge on any atom is -0.481 e. The van der Waals surface area contributed by atoms with Gasteiger partial charge in [0.05, 0.1) is 12.1 Å². The Kier molecular flexibility index (Phi) is 4.83. The number of amides is 2. The van der Waals surface area contributed by atoms with Gasteiger partial charge in [0.15, 0.2) is 0 Å². The summed E-state index contributed by atoms with van der Waals surface area (Å²) in [5.74, 6) is -1.78. The predicted octanol–water partition coefficient (Wildman–Crippen LogP) is 1.68. The number of halogens is 1. The molecule has 0 spiro atoms. The van der Waals surface area contributed by atoms with Gasteiger partial charge in [-0.2, -0.15) is 5.26 Å². The van der Waals surface area contributed by atoms with Crippen molar-refractivity contribution in [2.24, 2.45) is 0 Å². The molecule has 0 aromatic heterocycles. The van der Waals surface area contributed by atoms with Crippen LogP contribution in [0.3, 0.4) is 0 Å². The van der Waals surface area contributed by atoms with Crippen molar-refractivity contribution >= 4 is 17.7 Å². The number of nitriles is 1. The van der Waals surface area contributed by atoms with E-state index in [9.17, 15) is 14.0 Å². The Morgan fingerprint density at radius 2 is 2.21 bits per heavy atom. The van der Waals surface area contributed by atoms with E-state index in [0.29, 0.717) is 0 Å². The van der Waals surface area contributed by atoms with Crippen LogP contribution in [0.15, 0.2) is 18.2 Å². The summed E-state index contributed by atoms with van der Waals surface area (Å²) in [5, 5.41) is 22.0. The van der Waals surface area contributed by atoms with Gasteiger partial charge in [-0.1, -0.05) is 6.07 Å². The number of benzene rings is 1. The monoisotopic (exact) mass is 265 g/mol. The number of nitrogens with zero attached hydrogens (tertiary/aromatic N) is 1. The van der Waals surface area contributed by atoms with Gasteiger partial charge >= 0.3 is 12.0 Å². The van der Waals surface area contributed by atoms with E-state index in [1.165, 1.54) is 19.1 Å². The van der Waals surface area contributed by atoms with Crippen molar-refractivity contribution in [2.75, 3.05) is 5.32 Å². The Labute approximate surface area is 108 Å². The van der Waals surface area contributed by atoms with E-state index in [1.54, 1.807) is 6.07 Å². The molecule has 1 rings (SSSR count). The number of nitrogens with one attached hydrogen (secondary N) is 2. The summed E-state index contributed by atoms with van der Waals surface area (Å²) >= 11 is 0. The van der Waals surface area contributed by atoms with Gasteiger partial charge in [0.1, 0.15) is 17.4 Å². The molecule has 0 aliphatic carbocycles. The molecular weight excluding hydrogens is 253 g/mol. The van der Waals surface area contributed by atoms with Crippen molar-refractivity contribution in [3.63, 3.8) is 0 Å². The first-order chi connectivity index (χ1) is 8.93. The van der Waals surface area contributed by atoms with Gasteiger partial charge < -0.3 is 15.7 Å². The van der Waals surface area contributed by atoms with E-state index >= 15 is 0 Å². The normalized spacial score (nSPS) is 11.2. The van der Waals surface area contributed by atoms with Crippen molar-refractivity contribution in [3.8, 4) is 6.07 Å². The van der Waals surface area contributed by atoms with Crippen LogP contribution in [0.2, 0.25) is 0 Å². The first-order valence-electron chi connectivity index (χ1n) is 5.42. The van der Waals surface area contributed by atoms with E-state index < -0.39 is 23.9 Å². The zero-order valence-electron chi connectivity index (χ0n) is 10.1. The number of carboxylic acids is 1. The Hall–Kier alpha value is -2.62. The number of carbonyl (C=O) groups is 2. The van der Waals surface area contributed by atoms with Crippen molar-refractivity contribution in [2.45, 2.75) is 19.4 Å². The fraction of sp³-hybridized carbons (Fsp3) is 0.250. The lowest BCUT2D eigenvalue weighted by atomic mass is 10.2. The second-order valence-corrected chi connectivity index (χ2v) is 3.87. The molecule has 3 N–H and O–H groups in total. The van der Waals surface area contributed by atoms with Crippen molar-refractivity contribution in [1.29, 1.82) is 5.26 Å². The fourth-order valence-electron chi connectivity index (χ4n) is 1.44. The van der Waals surface area contributed by atoms with Crippen LogP contribution >= 0.6 is 0 Å². The van der Waals surface area contributed by atoms with Gasteiger partial charge in [-0.25, -0.2) is 9.18 Å². The smallest absolute Gasteiger partial charge is 0.319 e. The molecule has 0 aliphatic heterocycles. The fourth-order valence-corrected chi connectivity index (χ4v) is 1.44. The van der Waals surface area contributed by atoms with E-state index in [0.717, 1.165) is 6.07 Å². The lowest BCUT2D eigenvalue weighted by Gasteiger charge is -2.13. The summed E-state index contributed by atoms with van der Waals surface area (Å²) in [6, 6.07) is 4.20. The number of hydrogen-bond acceptors (Lipinski definition) is 3. The van der Waals surface area contributed by atoms with Crippen LogP contribution in [0, 0.1) is 17.1 Å². The Morgan fingerprint density at radius 3 is 2.79 bits per heavy atom. The van der Waals surface area contributed by atoms with Crippen LogP contribution in [-0.2, 0) is 4.79 Å². The predicted molar refractivity (Wildman–Crippen MR) is 65.0 cm³/mol. The van der Waals surface area contributed by atoms with Crippen molar-refractivity contribution in [1.82, 2.24) is 5.32 Å². The molecule has 0 saturated heterocycles. The first-order valence-corrected chi connectivity index (χ1v) is 5.42. The molecule has 1 aromatic carbocycles. The van der Waals surface area contributed by atoms with Crippen LogP contribution < -0.4 is 10.6 Å². The van der Waals surface area contributed by atoms with Crippen LogP contribution in [-0.4, -0.2) is 23.1 Å². The number of urea groups is 1. The minimum absolute atomic E-state index is 0.0301. The van der Waals surface area contributed by atoms with E-state index in [4.69, 9.17) is 10.4 Å². The zero-order valence-corrected chi connectivity index (χ0v) is 10.1. The molecule has 1 unspecified atom stereocenters. The van der Waals surface area contributed by atoms with E-state index in [1.807, 2.05) is 0 Å². The highest BCUT2D eigenvalue weighted by molar-refractivity contribution is 5.91. The summed E-state index contributed by atoms with van der Waals surface area (Å²) in [4.78, 5) is 22.0. The first kappa shape index (κ1) is 14.4. The van der Waals surface area contributed by atoms with Gasteiger partial charge in [-0.05, 0) is 19.1 Å². The van der Waals surface area contributed by atoms with Gasteiger partial charge in [0.2, 0.25) is 0 Å². The Balaban J connectivity index is 2.70. The van der Waals surface area contributed by atoms with Gasteiger partial charge in [0, 0.05) is 6.04 Å². The molecule has 0 saturated carbocycles. The number of carboxylic acid groups (broad SMARTS) is 1. The number of carbonyl (C=O) groups excluding carboxylic acids is 1. The SMILES string of the molecule is CC(CC(=O)O)NC(=O)Nc1cccc(F)c1C#N. The van der Waals surface area contributed by atoms with Crippen LogP contribution in [0.25, 0.3) is 0 Å². The summed E-state index contributed by atoms with van der Waals surface area (Å²) in [7, 11) is 0. The summed E-state index contributed by atoms with van der Waals surface area (Å²) < 4.78 is 13.3. The average molecular weight is 265 g/mol. The lowest BCUT2D eigenvalue weighted by Crippen LogP contribution is -2.37. The molecule has 0 fully saturated rings. The second kappa shape index (κ2) is 6.35. The summed E-state index contributed by atoms with van der Waals surface area (Å²) in [5.41, 5.74) is -0.244. The standard InChI is InChI=1S/C12H12FN3O3/c1-7(5-11(17)18)15-12(19)16-10-4-2-3-9(13)8(10)6-14/h2-4,7H,5H2,1H3,(H,17,18)(H2,15,16,19). The molecule has 0 bridgehead atoms. The number of anilines is 1. The number of aliphatic carboxylic acids is 1. The molecule has 7 heteroatoms. The highest BCUT2D eigenvalue weighted by atomic mass is 19.1. The molecule has 0 radical (unpaired) electrons. The third-order valence-corrected chi connectivity index (χ3v) is 2.23. The molecule has 0 heterocycles. The molecule has 1 aromatic rings. The summed E-state index contributed by atoms with van der Waals surface area (Å²) in [6.45, 7) is 1.52. The minimum atomic E-state index is -1.05. The van der Waals surface area contributed by atoms with Crippen LogP contribution in [0.4, 0.5) is 14.9 Å². The Bertz CT molecular complexity index is 540. The largest absolute Gasteiger partial charge is 0.481 e. The zero-order chi connectivity index (χ0) is 14.4. The summed E-state index contributed by atoms with van der Waals surface area (Å²) in [6.07, 6.45) is -0.234. The van der Waals surface area contributed by atoms with Crippen LogP contribution in [0.5, 0.6) is 0 Å². The van der Waals surface area contributed by atoms with E-state index in [2.05, 4.69) is 10.6 Å². The van der Waals surface area contributed by atoms with Gasteiger partial charge in [-0.15, -0.1) is 0 Å². The highest BCUT2D eigenvalue weighted by Gasteiger charge is 2.13. The Morgan fingerprint density at radius 1 is 1.53 bits per heavy atom. The maximum atomic E-state index is 13.3. The maximum Gasteiger partial charge on any atom is 0.319 e. The van der Waals surface area contributed by atoms with E-state index in [-0.39, 0.29) is 17.7 Å². The third kappa shape index (κ3) is 4.27. The molecule has 0 aliphatic rings. The molecule has 2 amide bonds. The molecular formula is C12H12FN3O3. The number of rotatable bonds is 4. The quantitative estimate of drug-likeness (QED) is 0.770. The molecule has 6 nitrogen and oxygen atoms in total. The molecule has 19 heavy (non-hydrogen) atoms. The van der Waals surface area contributed by atoms with Crippen molar-refractivity contribution < 1.29 is 19.1 Å². The average Bonchev–Trinajstić information content (AvgIpc) is 2.27. The van der Waals surface area contributed by atoms with Gasteiger partial charge in [-0.3, -0.25) is 4.79 Å². The van der Waals surface area contributed by atoms with Gasteiger partial charge in [0.25, 0.3) is 0 Å². The van der Waals surface area contributed by atoms with Crippen molar-refractivity contribution in [3.05, 3.63) is 29.6 Å². The third-order valence-electron chi connectivity index (χ3n) is 2.23. The number of hydrogen-bond donors (Lipinski definition) is 3. The maximum absolute atomic E-state index is 13.3. The van der Waals surface area contributed by atoms with Crippen LogP contribution in [0.1, 0.15) is 18.9 Å². The second-order valence-electron chi connectivity index (χ2n) is 3.87. The molecule has 100 valence electrons. The highest BCUT2D eigenvalue weighted by Crippen LogP contribution is 2.17.